The van der Waals surface area contributed by atoms with Crippen molar-refractivity contribution in [3.63, 3.8) is 0 Å². The van der Waals surface area contributed by atoms with E-state index in [1.165, 1.54) is 0 Å². The van der Waals surface area contributed by atoms with Gasteiger partial charge in [0.2, 0.25) is 0 Å². The first-order chi connectivity index (χ1) is 6.04. The van der Waals surface area contributed by atoms with Crippen LogP contribution in [0.1, 0.15) is 33.1 Å². The fraction of sp³-hybridized carbons (Fsp3) is 0.900. The van der Waals surface area contributed by atoms with Crippen molar-refractivity contribution in [2.45, 2.75) is 43.5 Å². The van der Waals surface area contributed by atoms with Crippen molar-refractivity contribution in [2.24, 2.45) is 0 Å². The number of thioether (sulfide) groups is 1. The van der Waals surface area contributed by atoms with Crippen molar-refractivity contribution in [3.8, 4) is 0 Å². The molecule has 0 aliphatic carbocycles. The third kappa shape index (κ3) is 2.71. The molecule has 0 radical (unpaired) electrons. The van der Waals surface area contributed by atoms with Gasteiger partial charge in [0.15, 0.2) is 0 Å². The number of aldehydes is 1. The zero-order chi connectivity index (χ0) is 9.95. The molecule has 1 saturated heterocycles. The molecule has 1 atom stereocenters. The zero-order valence-electron chi connectivity index (χ0n) is 8.63. The lowest BCUT2D eigenvalue weighted by molar-refractivity contribution is -0.111. The fourth-order valence-corrected chi connectivity index (χ4v) is 3.29. The molecule has 1 fully saturated rings. The number of carbonyl (C=O) groups is 1. The fourth-order valence-electron chi connectivity index (χ4n) is 1.79. The van der Waals surface area contributed by atoms with Crippen LogP contribution in [0.2, 0.25) is 0 Å². The van der Waals surface area contributed by atoms with Crippen molar-refractivity contribution in [3.05, 3.63) is 0 Å². The van der Waals surface area contributed by atoms with Gasteiger partial charge in [-0.15, -0.1) is 11.8 Å². The van der Waals surface area contributed by atoms with Crippen LogP contribution in [0.4, 0.5) is 0 Å². The lowest BCUT2D eigenvalue weighted by Gasteiger charge is -2.31. The largest absolute Gasteiger partial charge is 0.379 e. The van der Waals surface area contributed by atoms with E-state index in [9.17, 15) is 4.79 Å². The normalized spacial score (nSPS) is 29.2. The van der Waals surface area contributed by atoms with Crippen LogP contribution in [0, 0.1) is 0 Å². The average Bonchev–Trinajstić information content (AvgIpc) is 2.53. The van der Waals surface area contributed by atoms with Gasteiger partial charge in [-0.2, -0.15) is 0 Å². The van der Waals surface area contributed by atoms with E-state index in [-0.39, 0.29) is 10.3 Å². The smallest absolute Gasteiger partial charge is 0.136 e. The van der Waals surface area contributed by atoms with Gasteiger partial charge in [-0.05, 0) is 38.9 Å². The summed E-state index contributed by atoms with van der Waals surface area (Å²) in [6, 6.07) is 0. The third-order valence-corrected chi connectivity index (χ3v) is 4.14. The summed E-state index contributed by atoms with van der Waals surface area (Å²) in [6.45, 7) is 4.08. The predicted octanol–water partition coefficient (Wildman–Crippen LogP) is 2.27. The van der Waals surface area contributed by atoms with E-state index in [0.717, 1.165) is 31.3 Å². The topological polar surface area (TPSA) is 26.3 Å². The van der Waals surface area contributed by atoms with Crippen molar-refractivity contribution in [2.75, 3.05) is 12.9 Å². The molecule has 13 heavy (non-hydrogen) atoms. The molecule has 0 bridgehead atoms. The van der Waals surface area contributed by atoms with Gasteiger partial charge in [-0.1, -0.05) is 0 Å². The van der Waals surface area contributed by atoms with Crippen LogP contribution in [0.3, 0.4) is 0 Å². The van der Waals surface area contributed by atoms with Crippen LogP contribution in [-0.4, -0.2) is 29.5 Å². The van der Waals surface area contributed by atoms with Gasteiger partial charge in [0, 0.05) is 7.11 Å². The molecule has 1 aliphatic heterocycles. The predicted molar refractivity (Wildman–Crippen MR) is 56.2 cm³/mol. The Hall–Kier alpha value is -0.0200. The summed E-state index contributed by atoms with van der Waals surface area (Å²) in [5, 5.41) is 0. The van der Waals surface area contributed by atoms with E-state index in [2.05, 4.69) is 0 Å². The number of carbonyl (C=O) groups excluding carboxylic acids is 1. The summed E-state index contributed by atoms with van der Waals surface area (Å²) in [5.41, 5.74) is -0.182. The SMILES string of the molecule is COC(C)(C)CC1(C=O)CCCS1. The highest BCUT2D eigenvalue weighted by Crippen LogP contribution is 2.42. The highest BCUT2D eigenvalue weighted by molar-refractivity contribution is 8.01. The number of ether oxygens (including phenoxy) is 1. The van der Waals surface area contributed by atoms with Crippen molar-refractivity contribution >= 4 is 18.0 Å². The molecule has 0 aromatic carbocycles. The minimum absolute atomic E-state index is 0.167. The highest BCUT2D eigenvalue weighted by atomic mass is 32.2. The molecular formula is C10H18O2S. The van der Waals surface area contributed by atoms with Crippen LogP contribution < -0.4 is 0 Å². The van der Waals surface area contributed by atoms with Gasteiger partial charge < -0.3 is 9.53 Å². The molecule has 76 valence electrons. The first-order valence-corrected chi connectivity index (χ1v) is 5.68. The number of hydrogen-bond acceptors (Lipinski definition) is 3. The molecule has 0 saturated carbocycles. The first-order valence-electron chi connectivity index (χ1n) is 4.69. The summed E-state index contributed by atoms with van der Waals surface area (Å²) >= 11 is 1.78. The van der Waals surface area contributed by atoms with Gasteiger partial charge in [0.25, 0.3) is 0 Å². The second kappa shape index (κ2) is 4.01. The summed E-state index contributed by atoms with van der Waals surface area (Å²) in [6.07, 6.45) is 4.10. The Morgan fingerprint density at radius 3 is 2.69 bits per heavy atom. The number of methoxy groups -OCH3 is 1. The minimum Gasteiger partial charge on any atom is -0.379 e. The third-order valence-electron chi connectivity index (χ3n) is 2.63. The maximum atomic E-state index is 11.0. The molecular weight excluding hydrogens is 184 g/mol. The van der Waals surface area contributed by atoms with Crippen molar-refractivity contribution in [1.82, 2.24) is 0 Å². The Bertz CT molecular complexity index is 183. The monoisotopic (exact) mass is 202 g/mol. The van der Waals surface area contributed by atoms with E-state index in [4.69, 9.17) is 4.74 Å². The van der Waals surface area contributed by atoms with Gasteiger partial charge >= 0.3 is 0 Å². The van der Waals surface area contributed by atoms with Crippen molar-refractivity contribution < 1.29 is 9.53 Å². The Kier molecular flexibility index (Phi) is 3.41. The van der Waals surface area contributed by atoms with Gasteiger partial charge in [0.05, 0.1) is 10.3 Å². The molecule has 2 nitrogen and oxygen atoms in total. The van der Waals surface area contributed by atoms with Crippen LogP contribution >= 0.6 is 11.8 Å². The standard InChI is InChI=1S/C10H18O2S/c1-9(2,12-3)7-10(8-11)5-4-6-13-10/h8H,4-7H2,1-3H3. The Balaban J connectivity index is 2.63. The van der Waals surface area contributed by atoms with Crippen LogP contribution in [-0.2, 0) is 9.53 Å². The molecule has 3 heteroatoms. The Morgan fingerprint density at radius 1 is 1.62 bits per heavy atom. The van der Waals surface area contributed by atoms with Gasteiger partial charge in [-0.3, -0.25) is 0 Å². The minimum atomic E-state index is -0.182. The van der Waals surface area contributed by atoms with Gasteiger partial charge in [0.1, 0.15) is 6.29 Å². The molecule has 1 unspecified atom stereocenters. The van der Waals surface area contributed by atoms with Crippen LogP contribution in [0.15, 0.2) is 0 Å². The average molecular weight is 202 g/mol. The van der Waals surface area contributed by atoms with E-state index in [1.807, 2.05) is 13.8 Å². The Morgan fingerprint density at radius 2 is 2.31 bits per heavy atom. The number of hydrogen-bond donors (Lipinski definition) is 0. The lowest BCUT2D eigenvalue weighted by Crippen LogP contribution is -2.36. The molecule has 0 N–H and O–H groups in total. The van der Waals surface area contributed by atoms with E-state index < -0.39 is 0 Å². The zero-order valence-corrected chi connectivity index (χ0v) is 9.45. The lowest BCUT2D eigenvalue weighted by atomic mass is 9.90. The summed E-state index contributed by atoms with van der Waals surface area (Å²) in [7, 11) is 1.71. The molecule has 0 amide bonds. The van der Waals surface area contributed by atoms with Crippen LogP contribution in [0.25, 0.3) is 0 Å². The van der Waals surface area contributed by atoms with Gasteiger partial charge in [-0.25, -0.2) is 0 Å². The maximum absolute atomic E-state index is 11.0. The van der Waals surface area contributed by atoms with Crippen molar-refractivity contribution in [1.29, 1.82) is 0 Å². The summed E-state index contributed by atoms with van der Waals surface area (Å²) in [4.78, 5) is 11.0. The molecule has 0 aromatic rings. The molecule has 1 rings (SSSR count). The summed E-state index contributed by atoms with van der Waals surface area (Å²) < 4.78 is 5.19. The first kappa shape index (κ1) is 11.1. The van der Waals surface area contributed by atoms with E-state index >= 15 is 0 Å². The second-order valence-corrected chi connectivity index (χ2v) is 5.79. The Labute approximate surface area is 84.4 Å². The molecule has 1 aliphatic rings. The van der Waals surface area contributed by atoms with Crippen LogP contribution in [0.5, 0.6) is 0 Å². The summed E-state index contributed by atoms with van der Waals surface area (Å²) in [5.74, 6) is 1.11. The molecule has 1 heterocycles. The highest BCUT2D eigenvalue weighted by Gasteiger charge is 2.39. The second-order valence-electron chi connectivity index (χ2n) is 4.28. The molecule has 0 aromatic heterocycles. The van der Waals surface area contributed by atoms with E-state index in [0.29, 0.717) is 0 Å². The number of rotatable bonds is 4. The molecule has 0 spiro atoms. The maximum Gasteiger partial charge on any atom is 0.136 e. The quantitative estimate of drug-likeness (QED) is 0.654. The van der Waals surface area contributed by atoms with E-state index in [1.54, 1.807) is 18.9 Å².